The van der Waals surface area contributed by atoms with Crippen LogP contribution >= 0.6 is 0 Å². The molecule has 1 aliphatic rings. The predicted octanol–water partition coefficient (Wildman–Crippen LogP) is 6.11. The topological polar surface area (TPSA) is 97.1 Å². The molecule has 0 radical (unpaired) electrons. The first-order chi connectivity index (χ1) is 19.1. The lowest BCUT2D eigenvalue weighted by atomic mass is 9.84. The summed E-state index contributed by atoms with van der Waals surface area (Å²) in [4.78, 5) is 25.2. The van der Waals surface area contributed by atoms with Crippen LogP contribution in [0.25, 0.3) is 11.1 Å². The van der Waals surface area contributed by atoms with Crippen LogP contribution in [0.15, 0.2) is 78.2 Å². The van der Waals surface area contributed by atoms with Crippen LogP contribution in [0.5, 0.6) is 11.5 Å². The van der Waals surface area contributed by atoms with Crippen molar-refractivity contribution in [1.82, 2.24) is 0 Å². The van der Waals surface area contributed by atoms with Gasteiger partial charge in [0.1, 0.15) is 23.7 Å². The van der Waals surface area contributed by atoms with E-state index in [0.717, 1.165) is 6.07 Å². The first kappa shape index (κ1) is 28.5. The van der Waals surface area contributed by atoms with Gasteiger partial charge in [-0.25, -0.2) is 4.79 Å². The number of hydrogen-bond donors (Lipinski definition) is 1. The molecule has 1 atom stereocenters. The Morgan fingerprint density at radius 1 is 0.925 bits per heavy atom. The van der Waals surface area contributed by atoms with Crippen LogP contribution in [0.4, 0.5) is 13.2 Å². The molecule has 2 N–H and O–H groups in total. The Bertz CT molecular complexity index is 1420. The Balaban J connectivity index is 1.75. The highest BCUT2D eigenvalue weighted by Gasteiger charge is 2.37. The van der Waals surface area contributed by atoms with Crippen molar-refractivity contribution in [3.8, 4) is 22.6 Å². The van der Waals surface area contributed by atoms with E-state index in [1.54, 1.807) is 62.4 Å². The summed E-state index contributed by atoms with van der Waals surface area (Å²) in [5, 5.41) is 0. The van der Waals surface area contributed by atoms with Crippen LogP contribution in [0, 0.1) is 0 Å². The van der Waals surface area contributed by atoms with Crippen LogP contribution in [-0.4, -0.2) is 25.2 Å². The molecule has 3 aromatic carbocycles. The predicted molar refractivity (Wildman–Crippen MR) is 140 cm³/mol. The average Bonchev–Trinajstić information content (AvgIpc) is 2.92. The number of carbonyl (C=O) groups excluding carboxylic acids is 2. The van der Waals surface area contributed by atoms with Crippen molar-refractivity contribution in [3.63, 3.8) is 0 Å². The van der Waals surface area contributed by atoms with E-state index in [-0.39, 0.29) is 43.4 Å². The second-order valence-corrected chi connectivity index (χ2v) is 8.90. The molecule has 0 saturated carbocycles. The van der Waals surface area contributed by atoms with Gasteiger partial charge in [0.05, 0.1) is 25.2 Å². The van der Waals surface area contributed by atoms with Crippen molar-refractivity contribution < 1.29 is 41.7 Å². The SMILES string of the molecule is CCOC(=O)CC1C(C(=O)OCC)=C(N)Oc2ccc(-c3ccc(C(F)(F)F)c(OCc4ccccc4)c3)cc21. The zero-order valence-electron chi connectivity index (χ0n) is 21.9. The highest BCUT2D eigenvalue weighted by molar-refractivity contribution is 5.93. The molecule has 0 bridgehead atoms. The van der Waals surface area contributed by atoms with Gasteiger partial charge in [-0.2, -0.15) is 13.2 Å². The number of fused-ring (bicyclic) bond motifs is 1. The number of rotatable bonds is 9. The third kappa shape index (κ3) is 6.39. The highest BCUT2D eigenvalue weighted by Crippen LogP contribution is 2.44. The second kappa shape index (κ2) is 12.1. The minimum absolute atomic E-state index is 0.0288. The summed E-state index contributed by atoms with van der Waals surface area (Å²) in [6.07, 6.45) is -4.85. The van der Waals surface area contributed by atoms with E-state index in [2.05, 4.69) is 0 Å². The highest BCUT2D eigenvalue weighted by atomic mass is 19.4. The van der Waals surface area contributed by atoms with Crippen LogP contribution in [0.3, 0.4) is 0 Å². The van der Waals surface area contributed by atoms with Gasteiger partial charge in [-0.1, -0.05) is 42.5 Å². The number of alkyl halides is 3. The fraction of sp³-hybridized carbons (Fsp3) is 0.267. The van der Waals surface area contributed by atoms with Gasteiger partial charge in [-0.05, 0) is 54.8 Å². The number of hydrogen-bond acceptors (Lipinski definition) is 7. The Morgan fingerprint density at radius 3 is 2.27 bits per heavy atom. The van der Waals surface area contributed by atoms with Crippen LogP contribution in [0.2, 0.25) is 0 Å². The van der Waals surface area contributed by atoms with E-state index < -0.39 is 29.6 Å². The first-order valence-corrected chi connectivity index (χ1v) is 12.6. The molecule has 40 heavy (non-hydrogen) atoms. The van der Waals surface area contributed by atoms with Gasteiger partial charge in [0.2, 0.25) is 5.88 Å². The summed E-state index contributed by atoms with van der Waals surface area (Å²) in [7, 11) is 0. The van der Waals surface area contributed by atoms with E-state index in [0.29, 0.717) is 28.0 Å². The molecular weight excluding hydrogens is 527 g/mol. The van der Waals surface area contributed by atoms with Crippen molar-refractivity contribution in [2.45, 2.75) is 39.0 Å². The summed E-state index contributed by atoms with van der Waals surface area (Å²) in [6.45, 7) is 3.45. The zero-order chi connectivity index (χ0) is 28.9. The van der Waals surface area contributed by atoms with Gasteiger partial charge >= 0.3 is 18.1 Å². The number of esters is 2. The van der Waals surface area contributed by atoms with Crippen molar-refractivity contribution in [3.05, 3.63) is 94.9 Å². The van der Waals surface area contributed by atoms with Crippen LogP contribution < -0.4 is 15.2 Å². The fourth-order valence-electron chi connectivity index (χ4n) is 4.44. The molecule has 1 unspecified atom stereocenters. The van der Waals surface area contributed by atoms with Crippen molar-refractivity contribution in [2.75, 3.05) is 13.2 Å². The standard InChI is InChI=1S/C30H28F3NO6/c1-3-37-26(35)16-22-21-14-19(11-13-24(21)40-28(34)27(22)29(36)38-4-2)20-10-12-23(30(31,32)33)25(15-20)39-17-18-8-6-5-7-9-18/h5-15,22H,3-4,16-17,34H2,1-2H3. The largest absolute Gasteiger partial charge is 0.488 e. The number of halogens is 3. The molecule has 0 aromatic heterocycles. The lowest BCUT2D eigenvalue weighted by Crippen LogP contribution is -2.28. The molecular formula is C30H28F3NO6. The van der Waals surface area contributed by atoms with Gasteiger partial charge in [0.25, 0.3) is 0 Å². The molecule has 1 aliphatic heterocycles. The van der Waals surface area contributed by atoms with E-state index in [9.17, 15) is 22.8 Å². The Morgan fingerprint density at radius 2 is 1.60 bits per heavy atom. The Hall–Kier alpha value is -4.47. The van der Waals surface area contributed by atoms with Crippen molar-refractivity contribution in [2.24, 2.45) is 5.73 Å². The van der Waals surface area contributed by atoms with Gasteiger partial charge in [0.15, 0.2) is 0 Å². The quantitative estimate of drug-likeness (QED) is 0.318. The molecule has 7 nitrogen and oxygen atoms in total. The third-order valence-electron chi connectivity index (χ3n) is 6.25. The number of benzene rings is 3. The number of nitrogens with two attached hydrogens (primary N) is 1. The Kier molecular flexibility index (Phi) is 8.67. The van der Waals surface area contributed by atoms with Gasteiger partial charge in [0, 0.05) is 11.5 Å². The van der Waals surface area contributed by atoms with Crippen LogP contribution in [0.1, 0.15) is 42.9 Å². The first-order valence-electron chi connectivity index (χ1n) is 12.6. The molecule has 0 saturated heterocycles. The van der Waals surface area contributed by atoms with Gasteiger partial charge < -0.3 is 24.7 Å². The average molecular weight is 556 g/mol. The lowest BCUT2D eigenvalue weighted by Gasteiger charge is -2.28. The summed E-state index contributed by atoms with van der Waals surface area (Å²) >= 11 is 0. The summed E-state index contributed by atoms with van der Waals surface area (Å²) in [5.74, 6) is -2.38. The zero-order valence-corrected chi connectivity index (χ0v) is 21.9. The molecule has 0 fully saturated rings. The lowest BCUT2D eigenvalue weighted by molar-refractivity contribution is -0.144. The normalized spacial score (nSPS) is 14.7. The van der Waals surface area contributed by atoms with E-state index in [4.69, 9.17) is 24.7 Å². The minimum Gasteiger partial charge on any atom is -0.488 e. The molecule has 0 amide bonds. The molecule has 0 aliphatic carbocycles. The fourth-order valence-corrected chi connectivity index (χ4v) is 4.44. The van der Waals surface area contributed by atoms with E-state index >= 15 is 0 Å². The molecule has 1 heterocycles. The monoisotopic (exact) mass is 555 g/mol. The molecule has 0 spiro atoms. The molecule has 10 heteroatoms. The summed E-state index contributed by atoms with van der Waals surface area (Å²) in [5.41, 5.74) is 7.21. The van der Waals surface area contributed by atoms with E-state index in [1.807, 2.05) is 0 Å². The van der Waals surface area contributed by atoms with Gasteiger partial charge in [-0.3, -0.25) is 4.79 Å². The summed E-state index contributed by atoms with van der Waals surface area (Å²) in [6, 6.07) is 17.3. The van der Waals surface area contributed by atoms with Gasteiger partial charge in [-0.15, -0.1) is 0 Å². The molecule has 3 aromatic rings. The number of carbonyl (C=O) groups is 2. The van der Waals surface area contributed by atoms with Crippen molar-refractivity contribution >= 4 is 11.9 Å². The maximum atomic E-state index is 13.8. The maximum Gasteiger partial charge on any atom is 0.419 e. The minimum atomic E-state index is -4.63. The van der Waals surface area contributed by atoms with Crippen LogP contribution in [-0.2, 0) is 31.8 Å². The molecule has 4 rings (SSSR count). The van der Waals surface area contributed by atoms with Crippen molar-refractivity contribution in [1.29, 1.82) is 0 Å². The second-order valence-electron chi connectivity index (χ2n) is 8.90. The smallest absolute Gasteiger partial charge is 0.419 e. The molecule has 210 valence electrons. The summed E-state index contributed by atoms with van der Waals surface area (Å²) < 4.78 is 62.9. The Labute approximate surface area is 229 Å². The number of ether oxygens (including phenoxy) is 4. The van der Waals surface area contributed by atoms with E-state index in [1.165, 1.54) is 12.1 Å². The third-order valence-corrected chi connectivity index (χ3v) is 6.25. The maximum absolute atomic E-state index is 13.8.